The van der Waals surface area contributed by atoms with Crippen LogP contribution in [0, 0.1) is 0 Å². The van der Waals surface area contributed by atoms with Crippen LogP contribution in [0.2, 0.25) is 0 Å². The fourth-order valence-electron chi connectivity index (χ4n) is 1.35. The van der Waals surface area contributed by atoms with E-state index >= 15 is 0 Å². The molecule has 10 heteroatoms. The molecule has 0 bridgehead atoms. The van der Waals surface area contributed by atoms with Gasteiger partial charge in [-0.05, 0) is 11.5 Å². The molecule has 0 amide bonds. The fourth-order valence-corrected chi connectivity index (χ4v) is 5.47. The Hall–Kier alpha value is -0.510. The Morgan fingerprint density at radius 2 is 1.21 bits per heavy atom. The van der Waals surface area contributed by atoms with Gasteiger partial charge in [-0.1, -0.05) is 0 Å². The molecule has 1 saturated heterocycles. The van der Waals surface area contributed by atoms with Crippen LogP contribution in [0.3, 0.4) is 0 Å². The lowest BCUT2D eigenvalue weighted by Crippen LogP contribution is -2.42. The van der Waals surface area contributed by atoms with E-state index in [0.29, 0.717) is 11.5 Å². The van der Waals surface area contributed by atoms with Crippen LogP contribution in [0.1, 0.15) is 0 Å². The van der Waals surface area contributed by atoms with Gasteiger partial charge < -0.3 is 0 Å². The van der Waals surface area contributed by atoms with Crippen LogP contribution in [-0.4, -0.2) is 51.8 Å². The summed E-state index contributed by atoms with van der Waals surface area (Å²) in [7, 11) is -1.58. The molecule has 0 unspecified atom stereocenters. The second-order valence-corrected chi connectivity index (χ2v) is 6.93. The summed E-state index contributed by atoms with van der Waals surface area (Å²) in [4.78, 5) is 20.5. The first-order chi connectivity index (χ1) is 8.55. The maximum absolute atomic E-state index is 12.3. The smallest absolute Gasteiger partial charge is 0.283 e. The molecule has 0 aliphatic carbocycles. The summed E-state index contributed by atoms with van der Waals surface area (Å²) in [5, 5.41) is 0. The first kappa shape index (κ1) is 16.5. The van der Waals surface area contributed by atoms with E-state index in [1.807, 2.05) is 0 Å². The molecule has 19 heavy (non-hydrogen) atoms. The SMILES string of the molecule is O=C(C(C(=O)C(F)(F)F)=S1CCSCC1)C(F)(F)F. The van der Waals surface area contributed by atoms with Gasteiger partial charge in [0, 0.05) is 11.5 Å². The van der Waals surface area contributed by atoms with E-state index in [-0.39, 0.29) is 11.5 Å². The van der Waals surface area contributed by atoms with Crippen LogP contribution >= 0.6 is 22.2 Å². The predicted molar refractivity (Wildman–Crippen MR) is 61.8 cm³/mol. The van der Waals surface area contributed by atoms with E-state index in [9.17, 15) is 35.9 Å². The quantitative estimate of drug-likeness (QED) is 0.444. The lowest BCUT2D eigenvalue weighted by molar-refractivity contribution is -0.169. The molecule has 2 nitrogen and oxygen atoms in total. The molecule has 0 atom stereocenters. The molecule has 110 valence electrons. The van der Waals surface area contributed by atoms with Gasteiger partial charge in [0.1, 0.15) is 4.86 Å². The number of hydrogen-bond acceptors (Lipinski definition) is 3. The number of carbonyl (C=O) groups is 2. The zero-order valence-corrected chi connectivity index (χ0v) is 10.9. The summed E-state index contributed by atoms with van der Waals surface area (Å²) in [5.41, 5.74) is 0. The van der Waals surface area contributed by atoms with Crippen molar-refractivity contribution in [1.29, 1.82) is 0 Å². The summed E-state index contributed by atoms with van der Waals surface area (Å²) in [5.74, 6) is -4.67. The lowest BCUT2D eigenvalue weighted by Gasteiger charge is -2.20. The molecule has 0 radical (unpaired) electrons. The van der Waals surface area contributed by atoms with Crippen molar-refractivity contribution >= 4 is 38.7 Å². The largest absolute Gasteiger partial charge is 0.455 e. The van der Waals surface area contributed by atoms with Gasteiger partial charge in [0.15, 0.2) is 0 Å². The number of hydrogen-bond donors (Lipinski definition) is 0. The van der Waals surface area contributed by atoms with E-state index in [0.717, 1.165) is 0 Å². The summed E-state index contributed by atoms with van der Waals surface area (Å²) in [6.45, 7) is 0. The van der Waals surface area contributed by atoms with Crippen molar-refractivity contribution < 1.29 is 35.9 Å². The van der Waals surface area contributed by atoms with E-state index in [1.54, 1.807) is 0 Å². The molecule has 1 heterocycles. The molecule has 1 fully saturated rings. The van der Waals surface area contributed by atoms with Crippen molar-refractivity contribution in [3.8, 4) is 0 Å². The number of thioether (sulfide) groups is 1. The Labute approximate surface area is 110 Å². The highest BCUT2D eigenvalue weighted by Crippen LogP contribution is 2.31. The number of Topliss-reactive ketones (excluding diaryl/α,β-unsaturated/α-hetero) is 2. The van der Waals surface area contributed by atoms with Gasteiger partial charge in [-0.3, -0.25) is 9.59 Å². The first-order valence-electron chi connectivity index (χ1n) is 4.90. The normalized spacial score (nSPS) is 18.2. The van der Waals surface area contributed by atoms with Gasteiger partial charge in [-0.2, -0.15) is 48.6 Å². The Bertz CT molecular complexity index is 387. The van der Waals surface area contributed by atoms with Crippen LogP contribution in [0.15, 0.2) is 0 Å². The molecular formula is C9H8F6O2S2. The molecule has 0 aromatic carbocycles. The third kappa shape index (κ3) is 4.23. The van der Waals surface area contributed by atoms with Gasteiger partial charge in [0.25, 0.3) is 11.6 Å². The van der Waals surface area contributed by atoms with Gasteiger partial charge in [-0.15, -0.1) is 0 Å². The van der Waals surface area contributed by atoms with Gasteiger partial charge >= 0.3 is 12.4 Å². The monoisotopic (exact) mass is 326 g/mol. The van der Waals surface area contributed by atoms with Crippen molar-refractivity contribution in [3.05, 3.63) is 0 Å². The number of rotatable bonds is 2. The van der Waals surface area contributed by atoms with Crippen molar-refractivity contribution in [2.24, 2.45) is 0 Å². The maximum atomic E-state index is 12.3. The molecular weight excluding hydrogens is 318 g/mol. The summed E-state index contributed by atoms with van der Waals surface area (Å²) in [6.07, 6.45) is -10.9. The average Bonchev–Trinajstić information content (AvgIpc) is 2.28. The topological polar surface area (TPSA) is 34.1 Å². The second kappa shape index (κ2) is 5.86. The van der Waals surface area contributed by atoms with E-state index in [1.165, 1.54) is 11.8 Å². The first-order valence-corrected chi connectivity index (χ1v) is 7.62. The third-order valence-electron chi connectivity index (χ3n) is 2.16. The Morgan fingerprint density at radius 1 is 0.842 bits per heavy atom. The third-order valence-corrected chi connectivity index (χ3v) is 6.01. The van der Waals surface area contributed by atoms with Crippen LogP contribution in [0.4, 0.5) is 26.3 Å². The Kier molecular flexibility index (Phi) is 5.10. The highest BCUT2D eigenvalue weighted by atomic mass is 32.2. The van der Waals surface area contributed by atoms with Crippen LogP contribution < -0.4 is 0 Å². The molecule has 0 aromatic rings. The van der Waals surface area contributed by atoms with Crippen LogP contribution in [0.5, 0.6) is 0 Å². The van der Waals surface area contributed by atoms with Gasteiger partial charge in [-0.25, -0.2) is 0 Å². The van der Waals surface area contributed by atoms with Gasteiger partial charge in [0.2, 0.25) is 0 Å². The van der Waals surface area contributed by atoms with Crippen molar-refractivity contribution in [2.75, 3.05) is 23.0 Å². The predicted octanol–water partition coefficient (Wildman–Crippen LogP) is 2.44. The Morgan fingerprint density at radius 3 is 1.53 bits per heavy atom. The highest BCUT2D eigenvalue weighted by molar-refractivity contribution is 8.20. The molecule has 0 saturated carbocycles. The van der Waals surface area contributed by atoms with Crippen LogP contribution in [-0.2, 0) is 9.59 Å². The minimum atomic E-state index is -5.46. The second-order valence-electron chi connectivity index (χ2n) is 3.50. The molecule has 1 aliphatic heterocycles. The highest BCUT2D eigenvalue weighted by Gasteiger charge is 2.51. The standard InChI is InChI=1S/C9H8F6O2S2/c10-8(11,12)6(16)5(7(17)9(13,14)15)19-3-1-18-2-4-19/h1-4H2. The van der Waals surface area contributed by atoms with Crippen molar-refractivity contribution in [3.63, 3.8) is 0 Å². The van der Waals surface area contributed by atoms with E-state index < -0.39 is 39.3 Å². The van der Waals surface area contributed by atoms with Gasteiger partial charge in [0.05, 0.1) is 0 Å². The molecule has 0 N–H and O–H groups in total. The van der Waals surface area contributed by atoms with E-state index in [4.69, 9.17) is 0 Å². The molecule has 0 spiro atoms. The number of alkyl halides is 6. The minimum Gasteiger partial charge on any atom is -0.283 e. The molecule has 1 rings (SSSR count). The van der Waals surface area contributed by atoms with Crippen molar-refractivity contribution in [1.82, 2.24) is 0 Å². The average molecular weight is 326 g/mol. The number of ketones is 2. The molecule has 0 aromatic heterocycles. The fraction of sp³-hybridized carbons (Fsp3) is 0.667. The minimum absolute atomic E-state index is 0.0103. The summed E-state index contributed by atoms with van der Waals surface area (Å²) in [6, 6.07) is 0. The lowest BCUT2D eigenvalue weighted by atomic mass is 10.2. The zero-order chi connectivity index (χ0) is 14.8. The maximum Gasteiger partial charge on any atom is 0.455 e. The molecule has 1 aliphatic rings. The van der Waals surface area contributed by atoms with Crippen molar-refractivity contribution in [2.45, 2.75) is 12.4 Å². The van der Waals surface area contributed by atoms with E-state index in [2.05, 4.69) is 0 Å². The number of halogens is 6. The Balaban J connectivity index is 3.26. The summed E-state index contributed by atoms with van der Waals surface area (Å²) >= 11 is 1.36. The summed E-state index contributed by atoms with van der Waals surface area (Å²) < 4.78 is 73.9. The number of carbonyl (C=O) groups excluding carboxylic acids is 2. The zero-order valence-electron chi connectivity index (χ0n) is 9.23. The van der Waals surface area contributed by atoms with Crippen LogP contribution in [0.25, 0.3) is 0 Å².